The number of thiophene rings is 1. The smallest absolute Gasteiger partial charge is 0.262 e. The van der Waals surface area contributed by atoms with Crippen LogP contribution >= 0.6 is 11.3 Å². The predicted octanol–water partition coefficient (Wildman–Crippen LogP) is 2.57. The van der Waals surface area contributed by atoms with Crippen LogP contribution in [0.4, 0.5) is 0 Å². The highest BCUT2D eigenvalue weighted by molar-refractivity contribution is 7.91. The Labute approximate surface area is 181 Å². The molecule has 1 amide bonds. The first-order valence-corrected chi connectivity index (χ1v) is 13.5. The van der Waals surface area contributed by atoms with Gasteiger partial charge >= 0.3 is 0 Å². The summed E-state index contributed by atoms with van der Waals surface area (Å²) in [5.41, 5.74) is 1.81. The lowest BCUT2D eigenvalue weighted by Gasteiger charge is -2.34. The molecule has 0 radical (unpaired) electrons. The Hall–Kier alpha value is -1.58. The van der Waals surface area contributed by atoms with E-state index in [9.17, 15) is 13.2 Å². The molecule has 2 aromatic heterocycles. The van der Waals surface area contributed by atoms with Crippen LogP contribution in [0, 0.1) is 13.8 Å². The summed E-state index contributed by atoms with van der Waals surface area (Å²) in [4.78, 5) is 26.3. The maximum absolute atomic E-state index is 13.2. The number of hydrogen-bond donors (Lipinski definition) is 1. The number of amides is 1. The lowest BCUT2D eigenvalue weighted by atomic mass is 10.0. The van der Waals surface area contributed by atoms with Crippen LogP contribution < -0.4 is 5.32 Å². The third-order valence-electron chi connectivity index (χ3n) is 6.64. The van der Waals surface area contributed by atoms with E-state index < -0.39 is 9.84 Å². The normalized spacial score (nSPS) is 26.9. The molecule has 9 heteroatoms. The molecule has 5 rings (SSSR count). The molecule has 2 aliphatic heterocycles. The molecule has 0 bridgehead atoms. The van der Waals surface area contributed by atoms with Gasteiger partial charge in [0.1, 0.15) is 10.7 Å². The van der Waals surface area contributed by atoms with E-state index in [1.165, 1.54) is 17.8 Å². The van der Waals surface area contributed by atoms with Gasteiger partial charge in [-0.1, -0.05) is 6.42 Å². The first-order valence-electron chi connectivity index (χ1n) is 10.9. The number of hydrogen-bond acceptors (Lipinski definition) is 7. The topological polar surface area (TPSA) is 92.3 Å². The number of aromatic nitrogens is 2. The molecule has 0 spiro atoms. The number of carbonyl (C=O) groups excluding carboxylic acids is 1. The molecule has 4 heterocycles. The fraction of sp³-hybridized carbons (Fsp3) is 0.667. The Balaban J connectivity index is 1.42. The molecule has 3 aliphatic rings. The fourth-order valence-corrected chi connectivity index (χ4v) is 8.01. The average molecular weight is 449 g/mol. The van der Waals surface area contributed by atoms with Crippen LogP contribution in [0.25, 0.3) is 10.2 Å². The molecule has 2 saturated heterocycles. The molecule has 0 aromatic carbocycles. The Morgan fingerprint density at radius 1 is 1.10 bits per heavy atom. The number of carbonyl (C=O) groups is 1. The largest absolute Gasteiger partial charge is 0.346 e. The minimum absolute atomic E-state index is 0.0223. The lowest BCUT2D eigenvalue weighted by molar-refractivity contribution is 0.0903. The third-order valence-corrected chi connectivity index (χ3v) is 9.54. The first-order chi connectivity index (χ1) is 14.3. The summed E-state index contributed by atoms with van der Waals surface area (Å²) >= 11 is 1.40. The van der Waals surface area contributed by atoms with E-state index in [4.69, 9.17) is 4.98 Å². The molecule has 30 heavy (non-hydrogen) atoms. The van der Waals surface area contributed by atoms with E-state index in [2.05, 4.69) is 15.2 Å². The minimum atomic E-state index is -3.15. The highest BCUT2D eigenvalue weighted by Gasteiger charge is 2.42. The van der Waals surface area contributed by atoms with E-state index >= 15 is 0 Å². The Bertz CT molecular complexity index is 1100. The van der Waals surface area contributed by atoms with Gasteiger partial charge in [0, 0.05) is 17.3 Å². The standard InChI is InChI=1S/C21H28N4O3S2/c1-12-17-13(2)22-19(14-6-7-14)24-21(17)29-18(12)20(26)23-15-10-30(27,28)11-16(15)25-8-4-3-5-9-25/h14-16H,3-11H2,1-2H3,(H,23,26)/t15-,16-/m1/s1. The number of nitrogens with zero attached hydrogens (tertiary/aromatic N) is 3. The zero-order chi connectivity index (χ0) is 21.0. The average Bonchev–Trinajstić information content (AvgIpc) is 3.43. The third kappa shape index (κ3) is 3.76. The van der Waals surface area contributed by atoms with Gasteiger partial charge in [-0.05, 0) is 58.2 Å². The number of aryl methyl sites for hydroxylation is 2. The van der Waals surface area contributed by atoms with E-state index in [0.717, 1.165) is 66.1 Å². The molecular weight excluding hydrogens is 420 g/mol. The second-order valence-electron chi connectivity index (χ2n) is 9.00. The SMILES string of the molecule is Cc1nc(C2CC2)nc2sc(C(=O)N[C@@H]3CS(=O)(=O)C[C@H]3N3CCCCC3)c(C)c12. The van der Waals surface area contributed by atoms with Crippen LogP contribution in [0.1, 0.15) is 64.8 Å². The molecule has 2 atom stereocenters. The second-order valence-corrected chi connectivity index (χ2v) is 12.2. The van der Waals surface area contributed by atoms with Gasteiger partial charge in [0.2, 0.25) is 0 Å². The monoisotopic (exact) mass is 448 g/mol. The van der Waals surface area contributed by atoms with Gasteiger partial charge in [-0.25, -0.2) is 18.4 Å². The maximum atomic E-state index is 13.2. The van der Waals surface area contributed by atoms with Gasteiger partial charge in [-0.15, -0.1) is 11.3 Å². The molecule has 3 fully saturated rings. The number of fused-ring (bicyclic) bond motifs is 1. The van der Waals surface area contributed by atoms with Crippen LogP contribution in [0.5, 0.6) is 0 Å². The van der Waals surface area contributed by atoms with Crippen molar-refractivity contribution in [1.82, 2.24) is 20.2 Å². The number of sulfone groups is 1. The van der Waals surface area contributed by atoms with E-state index in [-0.39, 0.29) is 29.5 Å². The molecule has 1 saturated carbocycles. The van der Waals surface area contributed by atoms with Crippen LogP contribution in [0.2, 0.25) is 0 Å². The summed E-state index contributed by atoms with van der Waals surface area (Å²) in [5.74, 6) is 1.32. The van der Waals surface area contributed by atoms with Crippen molar-refractivity contribution in [2.24, 2.45) is 0 Å². The molecule has 1 N–H and O–H groups in total. The van der Waals surface area contributed by atoms with Gasteiger partial charge in [0.05, 0.1) is 28.1 Å². The van der Waals surface area contributed by atoms with Crippen LogP contribution in [-0.4, -0.2) is 65.9 Å². The van der Waals surface area contributed by atoms with Crippen molar-refractivity contribution < 1.29 is 13.2 Å². The van der Waals surface area contributed by atoms with E-state index in [1.807, 2.05) is 13.8 Å². The van der Waals surface area contributed by atoms with Crippen LogP contribution in [0.15, 0.2) is 0 Å². The van der Waals surface area contributed by atoms with Gasteiger partial charge < -0.3 is 5.32 Å². The minimum Gasteiger partial charge on any atom is -0.346 e. The van der Waals surface area contributed by atoms with Gasteiger partial charge in [0.25, 0.3) is 5.91 Å². The van der Waals surface area contributed by atoms with E-state index in [0.29, 0.717) is 10.8 Å². The molecular formula is C21H28N4O3S2. The van der Waals surface area contributed by atoms with Crippen molar-refractivity contribution in [3.63, 3.8) is 0 Å². The number of piperidine rings is 1. The molecule has 2 aromatic rings. The van der Waals surface area contributed by atoms with Crippen LogP contribution in [-0.2, 0) is 9.84 Å². The van der Waals surface area contributed by atoms with Crippen molar-refractivity contribution in [1.29, 1.82) is 0 Å². The van der Waals surface area contributed by atoms with Crippen molar-refractivity contribution in [3.8, 4) is 0 Å². The first kappa shape index (κ1) is 20.3. The molecule has 162 valence electrons. The number of rotatable bonds is 4. The van der Waals surface area contributed by atoms with Gasteiger partial charge in [0.15, 0.2) is 9.84 Å². The number of nitrogens with one attached hydrogen (secondary N) is 1. The van der Waals surface area contributed by atoms with E-state index in [1.54, 1.807) is 0 Å². The summed E-state index contributed by atoms with van der Waals surface area (Å²) in [7, 11) is -3.15. The maximum Gasteiger partial charge on any atom is 0.262 e. The Kier molecular flexibility index (Phi) is 5.10. The van der Waals surface area contributed by atoms with Crippen molar-refractivity contribution >= 4 is 37.3 Å². The number of likely N-dealkylation sites (tertiary alicyclic amines) is 1. The summed E-state index contributed by atoms with van der Waals surface area (Å²) in [5, 5.41) is 4.03. The highest BCUT2D eigenvalue weighted by atomic mass is 32.2. The highest BCUT2D eigenvalue weighted by Crippen LogP contribution is 2.40. The van der Waals surface area contributed by atoms with Gasteiger partial charge in [-0.3, -0.25) is 9.69 Å². The van der Waals surface area contributed by atoms with Crippen molar-refractivity contribution in [2.45, 2.75) is 64.0 Å². The molecule has 7 nitrogen and oxygen atoms in total. The Morgan fingerprint density at radius 2 is 1.83 bits per heavy atom. The summed E-state index contributed by atoms with van der Waals surface area (Å²) < 4.78 is 24.8. The zero-order valence-electron chi connectivity index (χ0n) is 17.5. The van der Waals surface area contributed by atoms with Gasteiger partial charge in [-0.2, -0.15) is 0 Å². The quantitative estimate of drug-likeness (QED) is 0.773. The van der Waals surface area contributed by atoms with Crippen molar-refractivity contribution in [2.75, 3.05) is 24.6 Å². The fourth-order valence-electron chi connectivity index (χ4n) is 4.91. The zero-order valence-corrected chi connectivity index (χ0v) is 19.1. The van der Waals surface area contributed by atoms with Crippen molar-refractivity contribution in [3.05, 3.63) is 22.0 Å². The summed E-state index contributed by atoms with van der Waals surface area (Å²) in [6.07, 6.45) is 5.65. The molecule has 1 aliphatic carbocycles. The Morgan fingerprint density at radius 3 is 2.53 bits per heavy atom. The van der Waals surface area contributed by atoms with Crippen LogP contribution in [0.3, 0.4) is 0 Å². The summed E-state index contributed by atoms with van der Waals surface area (Å²) in [6, 6.07) is -0.489. The predicted molar refractivity (Wildman–Crippen MR) is 118 cm³/mol. The lowest BCUT2D eigenvalue weighted by Crippen LogP contribution is -2.52. The summed E-state index contributed by atoms with van der Waals surface area (Å²) in [6.45, 7) is 5.74. The molecule has 0 unspecified atom stereocenters. The second kappa shape index (κ2) is 7.53.